The summed E-state index contributed by atoms with van der Waals surface area (Å²) < 4.78 is 33.3. The monoisotopic (exact) mass is 728 g/mol. The summed E-state index contributed by atoms with van der Waals surface area (Å²) in [5.41, 5.74) is 0.900. The highest BCUT2D eigenvalue weighted by molar-refractivity contribution is 7.91. The number of sulfonamides is 1. The van der Waals surface area contributed by atoms with Gasteiger partial charge < -0.3 is 25.3 Å². The molecule has 5 aliphatic rings. The third-order valence-corrected chi connectivity index (χ3v) is 13.1. The minimum Gasteiger partial charge on any atom is -0.393 e. The first kappa shape index (κ1) is 34.4. The minimum absolute atomic E-state index is 0.205. The van der Waals surface area contributed by atoms with Gasteiger partial charge in [0.2, 0.25) is 27.7 Å². The molecule has 4 amide bonds. The maximum atomic E-state index is 14.6. The van der Waals surface area contributed by atoms with Crippen LogP contribution in [0.4, 0.5) is 4.79 Å². The molecule has 3 fully saturated rings. The largest absolute Gasteiger partial charge is 0.414 e. The number of nitrogens with zero attached hydrogens (tertiary/aromatic N) is 2. The number of amides is 4. The van der Waals surface area contributed by atoms with Gasteiger partial charge in [-0.25, -0.2) is 13.2 Å². The van der Waals surface area contributed by atoms with E-state index in [9.17, 15) is 27.6 Å². The van der Waals surface area contributed by atoms with Crippen LogP contribution in [0.15, 0.2) is 66.9 Å². The van der Waals surface area contributed by atoms with Gasteiger partial charge >= 0.3 is 6.09 Å². The number of aromatic amines is 1. The lowest BCUT2D eigenvalue weighted by molar-refractivity contribution is -0.141. The number of hydrogen-bond acceptors (Lipinski definition) is 8. The van der Waals surface area contributed by atoms with Crippen LogP contribution in [-0.4, -0.2) is 82.5 Å². The number of hydrogen-bond donors (Lipinski definition) is 4. The van der Waals surface area contributed by atoms with E-state index >= 15 is 0 Å². The van der Waals surface area contributed by atoms with Crippen molar-refractivity contribution in [3.05, 3.63) is 78.0 Å². The Bertz CT molecular complexity index is 1990. The maximum Gasteiger partial charge on any atom is 0.414 e. The molecule has 2 saturated carbocycles. The predicted molar refractivity (Wildman–Crippen MR) is 192 cm³/mol. The number of carbonyl (C=O) groups is 4. The Morgan fingerprint density at radius 2 is 1.71 bits per heavy atom. The molecule has 0 radical (unpaired) electrons. The molecule has 5 atom stereocenters. The highest BCUT2D eigenvalue weighted by atomic mass is 32.2. The number of carbonyl (C=O) groups excluding carboxylic acids is 4. The summed E-state index contributed by atoms with van der Waals surface area (Å²) in [5.74, 6) is -1.81. The zero-order valence-corrected chi connectivity index (χ0v) is 29.7. The molecule has 1 saturated heterocycles. The standard InChI is InChI=1S/C38H44N6O7S/c45-34-31-19-28(43-21-25-11-6-9-24-10-7-12-26(22-43)33(24)25)23-44(31)35(46)30(40-37(48)51-32-15-8-18-39-32)14-5-3-1-2-4-13-27-20-38(27,41-34)36(47)42-52(49,50)29-16-17-29/h4,6-13,15,18,27-31,39H,1-3,5,14,16-17,19-23H2,(H,40,48)(H,41,45)(H,42,47)/b13-4+/t27?,28-,30?,31?,38?/m1/s1. The molecule has 8 rings (SSSR count). The highest BCUT2D eigenvalue weighted by Crippen LogP contribution is 2.46. The van der Waals surface area contributed by atoms with Gasteiger partial charge in [-0.2, -0.15) is 0 Å². The number of aromatic nitrogens is 1. The van der Waals surface area contributed by atoms with E-state index in [-0.39, 0.29) is 30.8 Å². The molecule has 52 heavy (non-hydrogen) atoms. The van der Waals surface area contributed by atoms with E-state index in [1.165, 1.54) is 21.9 Å². The fourth-order valence-corrected chi connectivity index (χ4v) is 9.57. The van der Waals surface area contributed by atoms with Crippen LogP contribution < -0.4 is 20.1 Å². The van der Waals surface area contributed by atoms with E-state index < -0.39 is 56.7 Å². The van der Waals surface area contributed by atoms with Crippen LogP contribution in [0.1, 0.15) is 68.9 Å². The van der Waals surface area contributed by atoms with E-state index in [2.05, 4.69) is 49.5 Å². The fourth-order valence-electron chi connectivity index (χ4n) is 8.21. The Hall–Kier alpha value is -4.69. The van der Waals surface area contributed by atoms with Crippen LogP contribution in [0, 0.1) is 5.92 Å². The van der Waals surface area contributed by atoms with Crippen molar-refractivity contribution in [1.29, 1.82) is 0 Å². The summed E-state index contributed by atoms with van der Waals surface area (Å²) in [4.78, 5) is 62.5. The minimum atomic E-state index is -3.86. The molecule has 1 aromatic heterocycles. The van der Waals surface area contributed by atoms with Gasteiger partial charge in [0.15, 0.2) is 0 Å². The first-order valence-corrected chi connectivity index (χ1v) is 19.9. The second-order valence-corrected chi connectivity index (χ2v) is 16.8. The van der Waals surface area contributed by atoms with E-state index in [0.717, 1.165) is 12.8 Å². The molecule has 4 N–H and O–H groups in total. The van der Waals surface area contributed by atoms with E-state index in [1.807, 2.05) is 24.3 Å². The van der Waals surface area contributed by atoms with Gasteiger partial charge in [-0.3, -0.25) is 24.0 Å². The Kier molecular flexibility index (Phi) is 9.06. The molecule has 2 aliphatic carbocycles. The average molecular weight is 729 g/mol. The molecule has 13 nitrogen and oxygen atoms in total. The number of fused-ring (bicyclic) bond motifs is 2. The maximum absolute atomic E-state index is 14.6. The third-order valence-electron chi connectivity index (χ3n) is 11.3. The summed E-state index contributed by atoms with van der Waals surface area (Å²) in [5, 5.41) is 7.53. The van der Waals surface area contributed by atoms with Crippen LogP contribution in [0.3, 0.4) is 0 Å². The van der Waals surface area contributed by atoms with Gasteiger partial charge in [-0.05, 0) is 72.9 Å². The second-order valence-electron chi connectivity index (χ2n) is 14.9. The second kappa shape index (κ2) is 13.7. The van der Waals surface area contributed by atoms with Crippen molar-refractivity contribution in [3.8, 4) is 5.88 Å². The number of ether oxygens (including phenoxy) is 1. The molecule has 0 bridgehead atoms. The molecule has 4 heterocycles. The van der Waals surface area contributed by atoms with Gasteiger partial charge in [-0.15, -0.1) is 0 Å². The Balaban J connectivity index is 1.09. The van der Waals surface area contributed by atoms with Crippen molar-refractivity contribution in [2.75, 3.05) is 6.54 Å². The van der Waals surface area contributed by atoms with E-state index in [0.29, 0.717) is 51.6 Å². The summed E-state index contributed by atoms with van der Waals surface area (Å²) in [7, 11) is -3.86. The lowest BCUT2D eigenvalue weighted by atomic mass is 9.94. The van der Waals surface area contributed by atoms with Crippen molar-refractivity contribution in [1.82, 2.24) is 30.1 Å². The molecule has 0 spiro atoms. The third kappa shape index (κ3) is 6.81. The topological polar surface area (TPSA) is 170 Å². The van der Waals surface area contributed by atoms with Crippen molar-refractivity contribution in [3.63, 3.8) is 0 Å². The summed E-state index contributed by atoms with van der Waals surface area (Å²) >= 11 is 0. The van der Waals surface area contributed by atoms with Crippen LogP contribution in [0.25, 0.3) is 10.8 Å². The van der Waals surface area contributed by atoms with Gasteiger partial charge in [0.1, 0.15) is 17.6 Å². The lowest BCUT2D eigenvalue weighted by Gasteiger charge is -2.34. The van der Waals surface area contributed by atoms with Crippen LogP contribution in [0.5, 0.6) is 5.88 Å². The molecule has 2 aromatic carbocycles. The summed E-state index contributed by atoms with van der Waals surface area (Å²) in [6, 6.07) is 13.7. The molecule has 274 valence electrons. The fraction of sp³-hybridized carbons (Fsp3) is 0.474. The molecule has 4 unspecified atom stereocenters. The first-order chi connectivity index (χ1) is 25.1. The van der Waals surface area contributed by atoms with Gasteiger partial charge in [-0.1, -0.05) is 61.4 Å². The number of H-pyrrole nitrogens is 1. The normalized spacial score (nSPS) is 28.8. The molecule has 3 aromatic rings. The Labute approximate surface area is 302 Å². The summed E-state index contributed by atoms with van der Waals surface area (Å²) in [6.45, 7) is 1.51. The number of nitrogens with one attached hydrogen (secondary N) is 4. The summed E-state index contributed by atoms with van der Waals surface area (Å²) in [6.07, 6.45) is 9.59. The molecular formula is C38H44N6O7S. The zero-order chi connectivity index (χ0) is 36.0. The van der Waals surface area contributed by atoms with Crippen LogP contribution in [0.2, 0.25) is 0 Å². The highest BCUT2D eigenvalue weighted by Gasteiger charge is 2.62. The van der Waals surface area contributed by atoms with Crippen molar-refractivity contribution >= 4 is 44.6 Å². The number of rotatable bonds is 6. The van der Waals surface area contributed by atoms with Gasteiger partial charge in [0.25, 0.3) is 5.91 Å². The number of benzene rings is 2. The molecule has 3 aliphatic heterocycles. The number of allylic oxidation sites excluding steroid dienone is 1. The van der Waals surface area contributed by atoms with Gasteiger partial charge in [0.05, 0.1) is 5.25 Å². The van der Waals surface area contributed by atoms with E-state index in [1.54, 1.807) is 23.2 Å². The van der Waals surface area contributed by atoms with E-state index in [4.69, 9.17) is 4.74 Å². The Morgan fingerprint density at radius 1 is 0.942 bits per heavy atom. The predicted octanol–water partition coefficient (Wildman–Crippen LogP) is 3.61. The zero-order valence-electron chi connectivity index (χ0n) is 28.9. The first-order valence-electron chi connectivity index (χ1n) is 18.3. The van der Waals surface area contributed by atoms with Crippen molar-refractivity contribution in [2.45, 2.75) is 99.8 Å². The van der Waals surface area contributed by atoms with Crippen LogP contribution in [-0.2, 0) is 37.5 Å². The van der Waals surface area contributed by atoms with Crippen LogP contribution >= 0.6 is 0 Å². The molecular weight excluding hydrogens is 685 g/mol. The lowest BCUT2D eigenvalue weighted by Crippen LogP contribution is -2.58. The van der Waals surface area contributed by atoms with Crippen molar-refractivity contribution < 1.29 is 32.3 Å². The quantitative estimate of drug-likeness (QED) is 0.279. The Morgan fingerprint density at radius 3 is 2.42 bits per heavy atom. The smallest absolute Gasteiger partial charge is 0.393 e. The average Bonchev–Trinajstić information content (AvgIpc) is 3.99. The molecule has 14 heteroatoms. The van der Waals surface area contributed by atoms with Crippen molar-refractivity contribution in [2.24, 2.45) is 5.92 Å². The van der Waals surface area contributed by atoms with Gasteiger partial charge in [0, 0.05) is 43.9 Å². The SMILES string of the molecule is O=C(NC1CCCCC/C=C/C2CC2(C(=O)NS(=O)(=O)C2CC2)NC(=O)C2C[C@@H](N3Cc4cccc5cccc(c45)C3)CN2C1=O)Oc1ccc[nH]1.